The third-order valence-electron chi connectivity index (χ3n) is 4.32. The Kier molecular flexibility index (Phi) is 4.03. The van der Waals surface area contributed by atoms with E-state index in [1.165, 1.54) is 0 Å². The molecule has 1 atom stereocenters. The molecule has 1 amide bonds. The molecule has 2 aliphatic rings. The molecule has 0 aromatic carbocycles. The van der Waals surface area contributed by atoms with Gasteiger partial charge in [-0.05, 0) is 44.1 Å². The Morgan fingerprint density at radius 1 is 1.40 bits per heavy atom. The third-order valence-corrected chi connectivity index (χ3v) is 4.52. The van der Waals surface area contributed by atoms with Crippen molar-refractivity contribution in [3.63, 3.8) is 0 Å². The highest BCUT2D eigenvalue weighted by atomic mass is 35.5. The fraction of sp³-hybridized carbons (Fsp3) is 0.667. The minimum Gasteiger partial charge on any atom is -0.396 e. The van der Waals surface area contributed by atoms with Crippen LogP contribution in [-0.2, 0) is 0 Å². The molecular formula is C15H21ClN2O2. The average molecular weight is 297 g/mol. The van der Waals surface area contributed by atoms with Crippen molar-refractivity contribution >= 4 is 17.5 Å². The number of likely N-dealkylation sites (tertiary alicyclic amines) is 1. The molecule has 5 heteroatoms. The molecule has 3 rings (SSSR count). The molecule has 1 unspecified atom stereocenters. The summed E-state index contributed by atoms with van der Waals surface area (Å²) in [7, 11) is 0. The molecule has 1 N–H and O–H groups in total. The fourth-order valence-corrected chi connectivity index (χ4v) is 3.31. The van der Waals surface area contributed by atoms with E-state index in [9.17, 15) is 4.79 Å². The highest BCUT2D eigenvalue weighted by molar-refractivity contribution is 6.31. The zero-order chi connectivity index (χ0) is 14.1. The summed E-state index contributed by atoms with van der Waals surface area (Å²) >= 11 is 6.07. The average Bonchev–Trinajstić information content (AvgIpc) is 3.21. The number of piperidine rings is 1. The summed E-state index contributed by atoms with van der Waals surface area (Å²) in [5, 5.41) is 9.71. The molecule has 110 valence electrons. The van der Waals surface area contributed by atoms with Crippen molar-refractivity contribution in [2.45, 2.75) is 38.1 Å². The van der Waals surface area contributed by atoms with E-state index in [-0.39, 0.29) is 12.5 Å². The van der Waals surface area contributed by atoms with E-state index in [4.69, 9.17) is 16.7 Å². The molecule has 1 aliphatic carbocycles. The third kappa shape index (κ3) is 2.86. The second kappa shape index (κ2) is 5.78. The summed E-state index contributed by atoms with van der Waals surface area (Å²) in [6, 6.07) is 2.25. The van der Waals surface area contributed by atoms with Crippen LogP contribution in [0.3, 0.4) is 0 Å². The molecule has 1 saturated heterocycles. The lowest BCUT2D eigenvalue weighted by Crippen LogP contribution is -2.40. The maximum Gasteiger partial charge on any atom is 0.270 e. The van der Waals surface area contributed by atoms with E-state index in [1.807, 2.05) is 15.7 Å². The van der Waals surface area contributed by atoms with Gasteiger partial charge < -0.3 is 14.6 Å². The van der Waals surface area contributed by atoms with Crippen LogP contribution >= 0.6 is 11.6 Å². The monoisotopic (exact) mass is 296 g/mol. The van der Waals surface area contributed by atoms with Gasteiger partial charge in [0.05, 0.1) is 5.02 Å². The van der Waals surface area contributed by atoms with E-state index < -0.39 is 0 Å². The maximum absolute atomic E-state index is 12.7. The summed E-state index contributed by atoms with van der Waals surface area (Å²) in [6.07, 6.45) is 7.07. The molecule has 0 radical (unpaired) electrons. The lowest BCUT2D eigenvalue weighted by molar-refractivity contribution is 0.0642. The van der Waals surface area contributed by atoms with Crippen molar-refractivity contribution in [1.29, 1.82) is 0 Å². The molecule has 20 heavy (non-hydrogen) atoms. The Morgan fingerprint density at radius 2 is 2.20 bits per heavy atom. The van der Waals surface area contributed by atoms with Gasteiger partial charge in [-0.1, -0.05) is 11.6 Å². The van der Waals surface area contributed by atoms with Gasteiger partial charge in [0.25, 0.3) is 5.91 Å². The van der Waals surface area contributed by atoms with Crippen molar-refractivity contribution in [1.82, 2.24) is 9.47 Å². The normalized spacial score (nSPS) is 23.1. The SMILES string of the molecule is O=C(c1cc(Cl)cn1C1CC1)N1CCCC(CCO)C1. The minimum atomic E-state index is 0.0893. The van der Waals surface area contributed by atoms with Crippen LogP contribution in [0.2, 0.25) is 5.02 Å². The quantitative estimate of drug-likeness (QED) is 0.928. The second-order valence-corrected chi connectivity index (χ2v) is 6.39. The Bertz CT molecular complexity index is 494. The predicted molar refractivity (Wildman–Crippen MR) is 78.0 cm³/mol. The van der Waals surface area contributed by atoms with Crippen LogP contribution in [0.5, 0.6) is 0 Å². The van der Waals surface area contributed by atoms with Gasteiger partial charge in [0.2, 0.25) is 0 Å². The first kappa shape index (κ1) is 14.0. The van der Waals surface area contributed by atoms with Gasteiger partial charge in [-0.3, -0.25) is 4.79 Å². The van der Waals surface area contributed by atoms with Gasteiger partial charge in [0.15, 0.2) is 0 Å². The first-order chi connectivity index (χ1) is 9.69. The number of amides is 1. The number of halogens is 1. The summed E-state index contributed by atoms with van der Waals surface area (Å²) in [5.74, 6) is 0.518. The van der Waals surface area contributed by atoms with Crippen LogP contribution in [0.25, 0.3) is 0 Å². The highest BCUT2D eigenvalue weighted by Crippen LogP contribution is 2.38. The summed E-state index contributed by atoms with van der Waals surface area (Å²) < 4.78 is 2.04. The second-order valence-electron chi connectivity index (χ2n) is 5.95. The number of carbonyl (C=O) groups is 1. The van der Waals surface area contributed by atoms with Gasteiger partial charge in [0.1, 0.15) is 5.69 Å². The Labute approximate surface area is 124 Å². The van der Waals surface area contributed by atoms with E-state index in [2.05, 4.69) is 0 Å². The van der Waals surface area contributed by atoms with Crippen molar-refractivity contribution in [3.8, 4) is 0 Å². The fourth-order valence-electron chi connectivity index (χ4n) is 3.10. The Balaban J connectivity index is 1.74. The first-order valence-electron chi connectivity index (χ1n) is 7.46. The Morgan fingerprint density at radius 3 is 2.90 bits per heavy atom. The molecule has 0 bridgehead atoms. The van der Waals surface area contributed by atoms with Crippen molar-refractivity contribution in [2.75, 3.05) is 19.7 Å². The number of nitrogens with zero attached hydrogens (tertiary/aromatic N) is 2. The lowest BCUT2D eigenvalue weighted by atomic mass is 9.95. The van der Waals surface area contributed by atoms with E-state index >= 15 is 0 Å². The maximum atomic E-state index is 12.7. The van der Waals surface area contributed by atoms with Gasteiger partial charge in [-0.2, -0.15) is 0 Å². The van der Waals surface area contributed by atoms with Crippen molar-refractivity contribution in [3.05, 3.63) is 23.0 Å². The van der Waals surface area contributed by atoms with E-state index in [1.54, 1.807) is 6.07 Å². The molecule has 2 heterocycles. The number of hydrogen-bond donors (Lipinski definition) is 1. The topological polar surface area (TPSA) is 45.5 Å². The van der Waals surface area contributed by atoms with Gasteiger partial charge >= 0.3 is 0 Å². The largest absolute Gasteiger partial charge is 0.396 e. The van der Waals surface area contributed by atoms with Crippen LogP contribution in [-0.4, -0.2) is 40.2 Å². The highest BCUT2D eigenvalue weighted by Gasteiger charge is 2.31. The minimum absolute atomic E-state index is 0.0893. The van der Waals surface area contributed by atoms with Crippen LogP contribution in [0.1, 0.15) is 48.6 Å². The number of carbonyl (C=O) groups excluding carboxylic acids is 1. The Hall–Kier alpha value is -1.00. The van der Waals surface area contributed by atoms with Crippen LogP contribution < -0.4 is 0 Å². The number of rotatable bonds is 4. The van der Waals surface area contributed by atoms with Crippen LogP contribution in [0.15, 0.2) is 12.3 Å². The van der Waals surface area contributed by atoms with E-state index in [0.717, 1.165) is 50.9 Å². The smallest absolute Gasteiger partial charge is 0.270 e. The zero-order valence-electron chi connectivity index (χ0n) is 11.6. The zero-order valence-corrected chi connectivity index (χ0v) is 12.4. The summed E-state index contributed by atoms with van der Waals surface area (Å²) in [5.41, 5.74) is 0.724. The summed E-state index contributed by atoms with van der Waals surface area (Å²) in [4.78, 5) is 14.6. The van der Waals surface area contributed by atoms with Gasteiger partial charge in [0, 0.05) is 31.9 Å². The molecule has 2 fully saturated rings. The molecule has 1 aromatic heterocycles. The molecule has 1 aromatic rings. The number of aliphatic hydroxyl groups excluding tert-OH is 1. The standard InChI is InChI=1S/C15H21ClN2O2/c16-12-8-14(18(10-12)13-3-4-13)15(20)17-6-1-2-11(9-17)5-7-19/h8,10-11,13,19H,1-7,9H2. The van der Waals surface area contributed by atoms with Crippen LogP contribution in [0.4, 0.5) is 0 Å². The number of aliphatic hydroxyl groups is 1. The van der Waals surface area contributed by atoms with Crippen molar-refractivity contribution < 1.29 is 9.90 Å². The molecule has 4 nitrogen and oxygen atoms in total. The number of hydrogen-bond acceptors (Lipinski definition) is 2. The van der Waals surface area contributed by atoms with Crippen molar-refractivity contribution in [2.24, 2.45) is 5.92 Å². The van der Waals surface area contributed by atoms with Gasteiger partial charge in [-0.15, -0.1) is 0 Å². The lowest BCUT2D eigenvalue weighted by Gasteiger charge is -2.32. The summed E-state index contributed by atoms with van der Waals surface area (Å²) in [6.45, 7) is 1.78. The predicted octanol–water partition coefficient (Wildman–Crippen LogP) is 2.71. The van der Waals surface area contributed by atoms with E-state index in [0.29, 0.717) is 17.0 Å². The molecule has 1 saturated carbocycles. The molecule has 0 spiro atoms. The number of aromatic nitrogens is 1. The first-order valence-corrected chi connectivity index (χ1v) is 7.84. The molecular weight excluding hydrogens is 276 g/mol. The van der Waals surface area contributed by atoms with Crippen LogP contribution in [0, 0.1) is 5.92 Å². The van der Waals surface area contributed by atoms with Gasteiger partial charge in [-0.25, -0.2) is 0 Å². The molecule has 1 aliphatic heterocycles.